The second-order valence-corrected chi connectivity index (χ2v) is 7.25. The molecular weight excluding hydrogens is 433 g/mol. The van der Waals surface area contributed by atoms with Gasteiger partial charge in [0.2, 0.25) is 0 Å². The van der Waals surface area contributed by atoms with Crippen LogP contribution in [0.3, 0.4) is 0 Å². The maximum atomic E-state index is 12.8. The molecule has 0 aliphatic heterocycles. The summed E-state index contributed by atoms with van der Waals surface area (Å²) in [5.41, 5.74) is 1.94. The summed E-state index contributed by atoms with van der Waals surface area (Å²) in [6.45, 7) is 1.95. The lowest BCUT2D eigenvalue weighted by atomic mass is 10.1. The van der Waals surface area contributed by atoms with Crippen LogP contribution in [0.4, 0.5) is 19.0 Å². The molecule has 0 bridgehead atoms. The van der Waals surface area contributed by atoms with Crippen molar-refractivity contribution in [2.75, 3.05) is 12.4 Å². The number of aryl methyl sites for hydroxylation is 1. The standard InChI is InChI=1S/C24H19F3N4O2/c1-15-7-10-17(11-8-15)31-22(13-19(30-31)18-5-3-4-6-20(18)33-2)29-23(32)16-9-12-21(28-14-16)24(25,26)27/h3-14H,1-2H3,(H,29,32). The van der Waals surface area contributed by atoms with Gasteiger partial charge in [-0.25, -0.2) is 4.68 Å². The summed E-state index contributed by atoms with van der Waals surface area (Å²) in [6, 6.07) is 18.4. The molecule has 0 fully saturated rings. The van der Waals surface area contributed by atoms with Crippen molar-refractivity contribution in [1.29, 1.82) is 0 Å². The number of aromatic nitrogens is 3. The molecule has 0 spiro atoms. The van der Waals surface area contributed by atoms with E-state index < -0.39 is 17.8 Å². The molecule has 168 valence electrons. The van der Waals surface area contributed by atoms with E-state index in [0.29, 0.717) is 22.9 Å². The van der Waals surface area contributed by atoms with Gasteiger partial charge < -0.3 is 10.1 Å². The lowest BCUT2D eigenvalue weighted by Gasteiger charge is -2.10. The highest BCUT2D eigenvalue weighted by Gasteiger charge is 2.32. The minimum absolute atomic E-state index is 0.0153. The Balaban J connectivity index is 1.72. The third-order valence-corrected chi connectivity index (χ3v) is 4.93. The number of carbonyl (C=O) groups excluding carboxylic acids is 1. The molecule has 2 aromatic carbocycles. The summed E-state index contributed by atoms with van der Waals surface area (Å²) in [5.74, 6) is 0.330. The van der Waals surface area contributed by atoms with Gasteiger partial charge in [-0.15, -0.1) is 0 Å². The summed E-state index contributed by atoms with van der Waals surface area (Å²) in [6.07, 6.45) is -3.69. The van der Waals surface area contributed by atoms with E-state index in [1.807, 2.05) is 49.4 Å². The van der Waals surface area contributed by atoms with Gasteiger partial charge in [-0.05, 0) is 43.3 Å². The zero-order chi connectivity index (χ0) is 23.6. The average Bonchev–Trinajstić information content (AvgIpc) is 3.22. The van der Waals surface area contributed by atoms with E-state index in [0.717, 1.165) is 29.5 Å². The minimum Gasteiger partial charge on any atom is -0.496 e. The van der Waals surface area contributed by atoms with Crippen molar-refractivity contribution in [3.63, 3.8) is 0 Å². The number of methoxy groups -OCH3 is 1. The molecule has 0 unspecified atom stereocenters. The van der Waals surface area contributed by atoms with E-state index in [1.165, 1.54) is 0 Å². The van der Waals surface area contributed by atoms with Crippen LogP contribution in [0.5, 0.6) is 5.75 Å². The summed E-state index contributed by atoms with van der Waals surface area (Å²) < 4.78 is 45.3. The third kappa shape index (κ3) is 4.72. The van der Waals surface area contributed by atoms with Crippen molar-refractivity contribution in [3.8, 4) is 22.7 Å². The lowest BCUT2D eigenvalue weighted by molar-refractivity contribution is -0.141. The second kappa shape index (κ2) is 8.78. The van der Waals surface area contributed by atoms with Crippen molar-refractivity contribution < 1.29 is 22.7 Å². The molecule has 0 saturated heterocycles. The second-order valence-electron chi connectivity index (χ2n) is 7.25. The monoisotopic (exact) mass is 452 g/mol. The number of anilines is 1. The maximum Gasteiger partial charge on any atom is 0.433 e. The fourth-order valence-corrected chi connectivity index (χ4v) is 3.23. The minimum atomic E-state index is -4.58. The van der Waals surface area contributed by atoms with Crippen LogP contribution in [-0.2, 0) is 6.18 Å². The number of hydrogen-bond donors (Lipinski definition) is 1. The highest BCUT2D eigenvalue weighted by molar-refractivity contribution is 6.04. The highest BCUT2D eigenvalue weighted by Crippen LogP contribution is 2.32. The molecule has 0 aliphatic rings. The van der Waals surface area contributed by atoms with Crippen LogP contribution in [0.25, 0.3) is 16.9 Å². The molecule has 1 N–H and O–H groups in total. The number of ether oxygens (including phenoxy) is 1. The molecule has 9 heteroatoms. The van der Waals surface area contributed by atoms with Gasteiger partial charge >= 0.3 is 6.18 Å². The lowest BCUT2D eigenvalue weighted by Crippen LogP contribution is -2.16. The molecule has 1 amide bonds. The number of benzene rings is 2. The van der Waals surface area contributed by atoms with Gasteiger partial charge in [0.15, 0.2) is 0 Å². The normalized spacial score (nSPS) is 11.3. The van der Waals surface area contributed by atoms with E-state index in [9.17, 15) is 18.0 Å². The zero-order valence-corrected chi connectivity index (χ0v) is 17.7. The number of para-hydroxylation sites is 1. The highest BCUT2D eigenvalue weighted by atomic mass is 19.4. The van der Waals surface area contributed by atoms with Crippen molar-refractivity contribution in [3.05, 3.63) is 89.7 Å². The van der Waals surface area contributed by atoms with Crippen LogP contribution < -0.4 is 10.1 Å². The number of rotatable bonds is 5. The Bertz CT molecular complexity index is 1280. The number of amides is 1. The molecule has 2 aromatic heterocycles. The van der Waals surface area contributed by atoms with E-state index >= 15 is 0 Å². The average molecular weight is 452 g/mol. The molecular formula is C24H19F3N4O2. The predicted molar refractivity (Wildman–Crippen MR) is 117 cm³/mol. The van der Waals surface area contributed by atoms with Gasteiger partial charge in [0.1, 0.15) is 17.3 Å². The molecule has 33 heavy (non-hydrogen) atoms. The summed E-state index contributed by atoms with van der Waals surface area (Å²) in [4.78, 5) is 16.1. The molecule has 4 aromatic rings. The van der Waals surface area contributed by atoms with Gasteiger partial charge in [0.05, 0.1) is 24.1 Å². The van der Waals surface area contributed by atoms with Crippen LogP contribution >= 0.6 is 0 Å². The summed E-state index contributed by atoms with van der Waals surface area (Å²) in [7, 11) is 1.55. The Morgan fingerprint density at radius 1 is 1.03 bits per heavy atom. The van der Waals surface area contributed by atoms with E-state index in [4.69, 9.17) is 4.74 Å². The number of hydrogen-bond acceptors (Lipinski definition) is 4. The number of pyridine rings is 1. The van der Waals surface area contributed by atoms with Crippen LogP contribution in [-0.4, -0.2) is 27.8 Å². The Morgan fingerprint density at radius 3 is 2.39 bits per heavy atom. The van der Waals surface area contributed by atoms with Gasteiger partial charge in [0, 0.05) is 17.8 Å². The first-order valence-corrected chi connectivity index (χ1v) is 9.91. The van der Waals surface area contributed by atoms with Gasteiger partial charge in [-0.1, -0.05) is 29.8 Å². The van der Waals surface area contributed by atoms with Crippen LogP contribution in [0.15, 0.2) is 72.9 Å². The number of nitrogens with zero attached hydrogens (tertiary/aromatic N) is 3. The zero-order valence-electron chi connectivity index (χ0n) is 17.7. The molecule has 6 nitrogen and oxygen atoms in total. The van der Waals surface area contributed by atoms with Gasteiger partial charge in [-0.2, -0.15) is 18.3 Å². The maximum absolute atomic E-state index is 12.8. The fraction of sp³-hybridized carbons (Fsp3) is 0.125. The van der Waals surface area contributed by atoms with Crippen LogP contribution in [0.2, 0.25) is 0 Å². The largest absolute Gasteiger partial charge is 0.496 e. The Morgan fingerprint density at radius 2 is 1.76 bits per heavy atom. The molecule has 4 rings (SSSR count). The first kappa shape index (κ1) is 22.1. The van der Waals surface area contributed by atoms with Crippen LogP contribution in [0.1, 0.15) is 21.6 Å². The smallest absolute Gasteiger partial charge is 0.433 e. The Labute approximate surface area is 187 Å². The predicted octanol–water partition coefficient (Wildman–Crippen LogP) is 5.52. The van der Waals surface area contributed by atoms with Gasteiger partial charge in [0.25, 0.3) is 5.91 Å². The molecule has 0 aliphatic carbocycles. The topological polar surface area (TPSA) is 69.0 Å². The van der Waals surface area contributed by atoms with E-state index in [2.05, 4.69) is 15.4 Å². The van der Waals surface area contributed by atoms with Crippen LogP contribution in [0, 0.1) is 6.92 Å². The number of alkyl halides is 3. The van der Waals surface area contributed by atoms with Gasteiger partial charge in [-0.3, -0.25) is 9.78 Å². The summed E-state index contributed by atoms with van der Waals surface area (Å²) in [5, 5.41) is 7.36. The number of nitrogens with one attached hydrogen (secondary N) is 1. The SMILES string of the molecule is COc1ccccc1-c1cc(NC(=O)c2ccc(C(F)(F)F)nc2)n(-c2ccc(C)cc2)n1. The molecule has 0 atom stereocenters. The van der Waals surface area contributed by atoms with Crippen molar-refractivity contribution in [1.82, 2.24) is 14.8 Å². The number of halogens is 3. The fourth-order valence-electron chi connectivity index (χ4n) is 3.23. The van der Waals surface area contributed by atoms with Crippen molar-refractivity contribution in [2.24, 2.45) is 0 Å². The molecule has 2 heterocycles. The van der Waals surface area contributed by atoms with Crippen molar-refractivity contribution >= 4 is 11.7 Å². The van der Waals surface area contributed by atoms with Crippen molar-refractivity contribution in [2.45, 2.75) is 13.1 Å². The third-order valence-electron chi connectivity index (χ3n) is 4.93. The molecule has 0 radical (unpaired) electrons. The van der Waals surface area contributed by atoms with E-state index in [-0.39, 0.29) is 5.56 Å². The molecule has 0 saturated carbocycles. The first-order valence-electron chi connectivity index (χ1n) is 9.91. The Hall–Kier alpha value is -4.14. The Kier molecular flexibility index (Phi) is 5.87. The number of carbonyl (C=O) groups is 1. The first-order chi connectivity index (χ1) is 15.8. The summed E-state index contributed by atoms with van der Waals surface area (Å²) >= 11 is 0. The quantitative estimate of drug-likeness (QED) is 0.433. The van der Waals surface area contributed by atoms with E-state index in [1.54, 1.807) is 23.9 Å².